The zero-order valence-corrected chi connectivity index (χ0v) is 12.2. The molecule has 8 nitrogen and oxygen atoms in total. The number of carbonyl (C=O) groups is 3. The number of amides is 2. The van der Waals surface area contributed by atoms with Crippen LogP contribution in [0.2, 0.25) is 0 Å². The molecule has 0 saturated heterocycles. The van der Waals surface area contributed by atoms with Crippen molar-refractivity contribution in [1.29, 1.82) is 0 Å². The first-order chi connectivity index (χ1) is 9.33. The molecule has 0 bridgehead atoms. The Labute approximate surface area is 118 Å². The zero-order chi connectivity index (χ0) is 15.7. The summed E-state index contributed by atoms with van der Waals surface area (Å²) in [6.07, 6.45) is -0.106. The van der Waals surface area contributed by atoms with E-state index in [9.17, 15) is 14.4 Å². The fourth-order valence-electron chi connectivity index (χ4n) is 1.43. The second-order valence-corrected chi connectivity index (χ2v) is 4.37. The quantitative estimate of drug-likeness (QED) is 0.613. The number of nitrogens with one attached hydrogen (secondary N) is 1. The van der Waals surface area contributed by atoms with Gasteiger partial charge in [0.25, 0.3) is 0 Å². The summed E-state index contributed by atoms with van der Waals surface area (Å²) < 4.78 is 9.35. The zero-order valence-electron chi connectivity index (χ0n) is 12.2. The van der Waals surface area contributed by atoms with Crippen molar-refractivity contribution >= 4 is 18.0 Å². The van der Waals surface area contributed by atoms with E-state index in [1.165, 1.54) is 26.2 Å². The van der Waals surface area contributed by atoms with Crippen LogP contribution < -0.4 is 5.32 Å². The number of hydrogen-bond donors (Lipinski definition) is 2. The number of aliphatic carboxylic acids is 1. The molecule has 0 heterocycles. The molecule has 0 aromatic carbocycles. The fourth-order valence-corrected chi connectivity index (χ4v) is 1.43. The van der Waals surface area contributed by atoms with Crippen LogP contribution in [-0.2, 0) is 19.1 Å². The number of urea groups is 1. The van der Waals surface area contributed by atoms with E-state index in [1.807, 2.05) is 0 Å². The molecule has 0 radical (unpaired) electrons. The van der Waals surface area contributed by atoms with Gasteiger partial charge in [-0.1, -0.05) is 0 Å². The normalized spacial score (nSPS) is 13.2. The molecule has 0 saturated carbocycles. The van der Waals surface area contributed by atoms with Crippen LogP contribution >= 0.6 is 0 Å². The number of carboxylic acids is 1. The number of methoxy groups -OCH3 is 2. The molecule has 20 heavy (non-hydrogen) atoms. The van der Waals surface area contributed by atoms with Gasteiger partial charge in [-0.05, 0) is 13.3 Å². The summed E-state index contributed by atoms with van der Waals surface area (Å²) >= 11 is 0. The number of ether oxygens (including phenoxy) is 2. The average Bonchev–Trinajstić information content (AvgIpc) is 2.41. The third kappa shape index (κ3) is 6.37. The maximum absolute atomic E-state index is 11.9. The van der Waals surface area contributed by atoms with Crippen LogP contribution in [0.3, 0.4) is 0 Å². The summed E-state index contributed by atoms with van der Waals surface area (Å²) in [5, 5.41) is 11.4. The Morgan fingerprint density at radius 1 is 1.30 bits per heavy atom. The molecule has 116 valence electrons. The minimum Gasteiger partial charge on any atom is -0.480 e. The van der Waals surface area contributed by atoms with Gasteiger partial charge >= 0.3 is 18.0 Å². The monoisotopic (exact) mass is 290 g/mol. The molecule has 8 heteroatoms. The van der Waals surface area contributed by atoms with Crippen molar-refractivity contribution in [2.24, 2.45) is 0 Å². The van der Waals surface area contributed by atoms with E-state index in [1.54, 1.807) is 6.92 Å². The summed E-state index contributed by atoms with van der Waals surface area (Å²) in [4.78, 5) is 35.3. The van der Waals surface area contributed by atoms with E-state index in [4.69, 9.17) is 9.84 Å². The predicted octanol–water partition coefficient (Wildman–Crippen LogP) is 0.0691. The molecule has 0 spiro atoms. The highest BCUT2D eigenvalue weighted by Gasteiger charge is 2.24. The Morgan fingerprint density at radius 2 is 1.90 bits per heavy atom. The number of esters is 1. The van der Waals surface area contributed by atoms with E-state index in [0.29, 0.717) is 6.61 Å². The van der Waals surface area contributed by atoms with Gasteiger partial charge in [0.2, 0.25) is 0 Å². The molecular formula is C12H22N2O6. The lowest BCUT2D eigenvalue weighted by atomic mass is 10.1. The third-order valence-corrected chi connectivity index (χ3v) is 2.85. The van der Waals surface area contributed by atoms with Crippen LogP contribution in [0, 0.1) is 0 Å². The molecule has 2 N–H and O–H groups in total. The lowest BCUT2D eigenvalue weighted by Gasteiger charge is -2.26. The van der Waals surface area contributed by atoms with Gasteiger partial charge in [0.05, 0.1) is 19.8 Å². The van der Waals surface area contributed by atoms with Gasteiger partial charge in [-0.2, -0.15) is 0 Å². The van der Waals surface area contributed by atoms with Gasteiger partial charge in [0.15, 0.2) is 0 Å². The highest BCUT2D eigenvalue weighted by molar-refractivity contribution is 5.83. The molecule has 2 amide bonds. The lowest BCUT2D eigenvalue weighted by molar-refractivity contribution is -0.142. The van der Waals surface area contributed by atoms with E-state index < -0.39 is 24.0 Å². The molecule has 0 aromatic rings. The minimum absolute atomic E-state index is 0.0275. The molecule has 0 rings (SSSR count). The van der Waals surface area contributed by atoms with E-state index in [2.05, 4.69) is 10.1 Å². The van der Waals surface area contributed by atoms with Gasteiger partial charge in [-0.25, -0.2) is 9.59 Å². The summed E-state index contributed by atoms with van der Waals surface area (Å²) in [5.74, 6) is -1.72. The van der Waals surface area contributed by atoms with E-state index in [-0.39, 0.29) is 18.9 Å². The van der Waals surface area contributed by atoms with Crippen molar-refractivity contribution in [3.05, 3.63) is 0 Å². The molecule has 0 fully saturated rings. The van der Waals surface area contributed by atoms with Crippen molar-refractivity contribution in [3.63, 3.8) is 0 Å². The smallest absolute Gasteiger partial charge is 0.326 e. The standard InChI is InChI=1S/C12H22N2O6/c1-8(7-19-3)14(2)12(18)13-9(11(16)17)5-6-10(15)20-4/h8-9H,5-7H2,1-4H3,(H,13,18)(H,16,17)/t8?,9-/m0/s1. The number of carboxylic acid groups (broad SMARTS) is 1. The summed E-state index contributed by atoms with van der Waals surface area (Å²) in [5.41, 5.74) is 0. The topological polar surface area (TPSA) is 105 Å². The van der Waals surface area contributed by atoms with Crippen molar-refractivity contribution < 1.29 is 29.0 Å². The summed E-state index contributed by atoms with van der Waals surface area (Å²) in [6, 6.07) is -1.87. The number of hydrogen-bond acceptors (Lipinski definition) is 5. The highest BCUT2D eigenvalue weighted by Crippen LogP contribution is 2.03. The summed E-state index contributed by atoms with van der Waals surface area (Å²) in [7, 11) is 4.27. The molecule has 0 aliphatic heterocycles. The van der Waals surface area contributed by atoms with E-state index >= 15 is 0 Å². The molecule has 2 atom stereocenters. The van der Waals surface area contributed by atoms with Gasteiger partial charge in [-0.15, -0.1) is 0 Å². The van der Waals surface area contributed by atoms with Crippen LogP contribution in [0.5, 0.6) is 0 Å². The lowest BCUT2D eigenvalue weighted by Crippen LogP contribution is -2.50. The van der Waals surface area contributed by atoms with Crippen molar-refractivity contribution in [2.45, 2.75) is 31.8 Å². The fraction of sp³-hybridized carbons (Fsp3) is 0.750. The Kier molecular flexibility index (Phi) is 8.30. The first-order valence-corrected chi connectivity index (χ1v) is 6.15. The van der Waals surface area contributed by atoms with Crippen molar-refractivity contribution in [1.82, 2.24) is 10.2 Å². The third-order valence-electron chi connectivity index (χ3n) is 2.85. The van der Waals surface area contributed by atoms with Crippen molar-refractivity contribution in [3.8, 4) is 0 Å². The van der Waals surface area contributed by atoms with Crippen LogP contribution in [0.25, 0.3) is 0 Å². The molecular weight excluding hydrogens is 268 g/mol. The molecule has 0 aliphatic rings. The molecule has 0 aromatic heterocycles. The maximum atomic E-state index is 11.9. The highest BCUT2D eigenvalue weighted by atomic mass is 16.5. The Hall–Kier alpha value is -1.83. The Morgan fingerprint density at radius 3 is 2.35 bits per heavy atom. The number of carbonyl (C=O) groups excluding carboxylic acids is 2. The van der Waals surface area contributed by atoms with Crippen LogP contribution in [0.4, 0.5) is 4.79 Å². The SMILES string of the molecule is COCC(C)N(C)C(=O)N[C@@H](CCC(=O)OC)C(=O)O. The largest absolute Gasteiger partial charge is 0.480 e. The Bertz CT molecular complexity index is 347. The number of likely N-dealkylation sites (N-methyl/N-ethyl adjacent to an activating group) is 1. The van der Waals surface area contributed by atoms with Gasteiger partial charge in [-0.3, -0.25) is 4.79 Å². The molecule has 1 unspecified atom stereocenters. The second-order valence-electron chi connectivity index (χ2n) is 4.37. The van der Waals surface area contributed by atoms with E-state index in [0.717, 1.165) is 0 Å². The van der Waals surface area contributed by atoms with Crippen LogP contribution in [0.15, 0.2) is 0 Å². The summed E-state index contributed by atoms with van der Waals surface area (Å²) in [6.45, 7) is 2.11. The van der Waals surface area contributed by atoms with Crippen LogP contribution in [-0.4, -0.2) is 67.9 Å². The first kappa shape index (κ1) is 18.2. The van der Waals surface area contributed by atoms with Crippen molar-refractivity contribution in [2.75, 3.05) is 27.9 Å². The minimum atomic E-state index is -1.20. The average molecular weight is 290 g/mol. The number of nitrogens with zero attached hydrogens (tertiary/aromatic N) is 1. The van der Waals surface area contributed by atoms with Gasteiger partial charge in [0.1, 0.15) is 6.04 Å². The Balaban J connectivity index is 4.47. The molecule has 0 aliphatic carbocycles. The maximum Gasteiger partial charge on any atom is 0.326 e. The predicted molar refractivity (Wildman–Crippen MR) is 70.3 cm³/mol. The second kappa shape index (κ2) is 9.13. The van der Waals surface area contributed by atoms with Gasteiger partial charge in [0, 0.05) is 20.6 Å². The first-order valence-electron chi connectivity index (χ1n) is 6.15. The van der Waals surface area contributed by atoms with Gasteiger partial charge < -0.3 is 24.8 Å². The van der Waals surface area contributed by atoms with Crippen LogP contribution in [0.1, 0.15) is 19.8 Å². The number of rotatable bonds is 8.